The molecule has 144 valence electrons. The predicted octanol–water partition coefficient (Wildman–Crippen LogP) is 5.57. The van der Waals surface area contributed by atoms with Gasteiger partial charge in [0.05, 0.1) is 22.1 Å². The maximum Gasteiger partial charge on any atom is 0.416 e. The lowest BCUT2D eigenvalue weighted by Crippen LogP contribution is -2.14. The Bertz CT molecular complexity index is 853. The second kappa shape index (κ2) is 7.61. The number of rotatable bonds is 5. The lowest BCUT2D eigenvalue weighted by atomic mass is 10.2. The highest BCUT2D eigenvalue weighted by molar-refractivity contribution is 6.32. The molecular formula is C17H13ClF3NO5. The minimum absolute atomic E-state index is 0.0263. The molecule has 1 unspecified atom stereocenters. The molecule has 0 aromatic heterocycles. The zero-order chi connectivity index (χ0) is 19.6. The van der Waals surface area contributed by atoms with Gasteiger partial charge in [-0.1, -0.05) is 11.6 Å². The summed E-state index contributed by atoms with van der Waals surface area (Å²) in [5.41, 5.74) is -1.19. The van der Waals surface area contributed by atoms with E-state index in [2.05, 4.69) is 0 Å². The van der Waals surface area contributed by atoms with Gasteiger partial charge in [0.1, 0.15) is 11.5 Å². The third-order valence-corrected chi connectivity index (χ3v) is 4.06. The van der Waals surface area contributed by atoms with Crippen LogP contribution in [-0.4, -0.2) is 17.8 Å². The van der Waals surface area contributed by atoms with Gasteiger partial charge in [0.25, 0.3) is 0 Å². The SMILES string of the molecule is O=[N+]([O-])c1ccc(Oc2ccc(C(F)(F)F)cc2Cl)cc1OC1CCCO1. The molecule has 1 fully saturated rings. The van der Waals surface area contributed by atoms with Gasteiger partial charge in [0.2, 0.25) is 5.75 Å². The second-order valence-corrected chi connectivity index (χ2v) is 6.10. The molecule has 1 aliphatic heterocycles. The topological polar surface area (TPSA) is 70.8 Å². The van der Waals surface area contributed by atoms with Gasteiger partial charge in [-0.05, 0) is 30.7 Å². The second-order valence-electron chi connectivity index (χ2n) is 5.69. The standard InChI is InChI=1S/C17H13ClF3NO5/c18-12-8-10(17(19,20)21)3-6-14(12)26-11-4-5-13(22(23)24)15(9-11)27-16-2-1-7-25-16/h3-6,8-9,16H,1-2,7H2. The van der Waals surface area contributed by atoms with Gasteiger partial charge in [-0.15, -0.1) is 0 Å². The van der Waals surface area contributed by atoms with Crippen LogP contribution in [0.2, 0.25) is 5.02 Å². The fourth-order valence-corrected chi connectivity index (χ4v) is 2.69. The number of benzene rings is 2. The van der Waals surface area contributed by atoms with E-state index in [1.54, 1.807) is 0 Å². The molecule has 1 atom stereocenters. The van der Waals surface area contributed by atoms with Crippen LogP contribution in [0.25, 0.3) is 0 Å². The quantitative estimate of drug-likeness (QED) is 0.481. The Morgan fingerprint density at radius 3 is 2.56 bits per heavy atom. The highest BCUT2D eigenvalue weighted by atomic mass is 35.5. The molecule has 0 bridgehead atoms. The normalized spacial score (nSPS) is 17.0. The van der Waals surface area contributed by atoms with E-state index in [-0.39, 0.29) is 28.0 Å². The van der Waals surface area contributed by atoms with Crippen LogP contribution < -0.4 is 9.47 Å². The minimum Gasteiger partial charge on any atom is -0.458 e. The summed E-state index contributed by atoms with van der Waals surface area (Å²) in [5, 5.41) is 10.9. The summed E-state index contributed by atoms with van der Waals surface area (Å²) in [4.78, 5) is 10.6. The van der Waals surface area contributed by atoms with Gasteiger partial charge in [0, 0.05) is 18.6 Å². The summed E-state index contributed by atoms with van der Waals surface area (Å²) < 4.78 is 54.4. The molecule has 10 heteroatoms. The molecular weight excluding hydrogens is 391 g/mol. The molecule has 2 aromatic rings. The van der Waals surface area contributed by atoms with Crippen molar-refractivity contribution in [3.05, 3.63) is 57.1 Å². The monoisotopic (exact) mass is 403 g/mol. The van der Waals surface area contributed by atoms with Crippen LogP contribution >= 0.6 is 11.6 Å². The molecule has 0 N–H and O–H groups in total. The van der Waals surface area contributed by atoms with Crippen molar-refractivity contribution in [3.8, 4) is 17.2 Å². The highest BCUT2D eigenvalue weighted by Gasteiger charge is 2.31. The Labute approximate surface area is 156 Å². The third kappa shape index (κ3) is 4.61. The lowest BCUT2D eigenvalue weighted by Gasteiger charge is -2.15. The molecule has 3 rings (SSSR count). The van der Waals surface area contributed by atoms with Crippen LogP contribution in [0.3, 0.4) is 0 Å². The summed E-state index contributed by atoms with van der Waals surface area (Å²) in [5.74, 6) is 0.0317. The first-order valence-corrected chi connectivity index (χ1v) is 8.23. The first-order valence-electron chi connectivity index (χ1n) is 7.85. The molecule has 0 radical (unpaired) electrons. The number of hydrogen-bond acceptors (Lipinski definition) is 5. The number of halogens is 4. The van der Waals surface area contributed by atoms with E-state index in [1.807, 2.05) is 0 Å². The zero-order valence-corrected chi connectivity index (χ0v) is 14.4. The van der Waals surface area contributed by atoms with E-state index in [1.165, 1.54) is 18.2 Å². The fraction of sp³-hybridized carbons (Fsp3) is 0.294. The van der Waals surface area contributed by atoms with E-state index in [9.17, 15) is 23.3 Å². The van der Waals surface area contributed by atoms with Crippen molar-refractivity contribution in [3.63, 3.8) is 0 Å². The van der Waals surface area contributed by atoms with Crippen LogP contribution in [0.4, 0.5) is 18.9 Å². The number of ether oxygens (including phenoxy) is 3. The largest absolute Gasteiger partial charge is 0.458 e. The first-order chi connectivity index (χ1) is 12.7. The van der Waals surface area contributed by atoms with Crippen molar-refractivity contribution in [1.82, 2.24) is 0 Å². The molecule has 27 heavy (non-hydrogen) atoms. The van der Waals surface area contributed by atoms with Crippen molar-refractivity contribution in [1.29, 1.82) is 0 Å². The molecule has 1 aliphatic rings. The number of nitro benzene ring substituents is 1. The summed E-state index contributed by atoms with van der Waals surface area (Å²) in [6.07, 6.45) is -3.77. The lowest BCUT2D eigenvalue weighted by molar-refractivity contribution is -0.386. The van der Waals surface area contributed by atoms with Gasteiger partial charge in [-0.3, -0.25) is 10.1 Å². The van der Waals surface area contributed by atoms with Gasteiger partial charge < -0.3 is 14.2 Å². The van der Waals surface area contributed by atoms with E-state index in [4.69, 9.17) is 25.8 Å². The summed E-state index contributed by atoms with van der Waals surface area (Å²) >= 11 is 5.86. The van der Waals surface area contributed by atoms with Crippen LogP contribution in [0.1, 0.15) is 18.4 Å². The highest BCUT2D eigenvalue weighted by Crippen LogP contribution is 2.39. The maximum absolute atomic E-state index is 12.7. The molecule has 6 nitrogen and oxygen atoms in total. The molecule has 0 saturated carbocycles. The molecule has 0 aliphatic carbocycles. The molecule has 0 amide bonds. The summed E-state index contributed by atoms with van der Waals surface area (Å²) in [6.45, 7) is 0.496. The zero-order valence-electron chi connectivity index (χ0n) is 13.7. The van der Waals surface area contributed by atoms with Gasteiger partial charge in [0.15, 0.2) is 6.29 Å². The maximum atomic E-state index is 12.7. The Balaban J connectivity index is 1.85. The van der Waals surface area contributed by atoms with Crippen molar-refractivity contribution < 1.29 is 32.3 Å². The van der Waals surface area contributed by atoms with Crippen molar-refractivity contribution in [2.24, 2.45) is 0 Å². The van der Waals surface area contributed by atoms with E-state index in [0.717, 1.165) is 24.6 Å². The van der Waals surface area contributed by atoms with Crippen molar-refractivity contribution in [2.75, 3.05) is 6.61 Å². The average Bonchev–Trinajstić information content (AvgIpc) is 3.08. The smallest absolute Gasteiger partial charge is 0.416 e. The van der Waals surface area contributed by atoms with Crippen LogP contribution in [0.15, 0.2) is 36.4 Å². The fourth-order valence-electron chi connectivity index (χ4n) is 2.47. The van der Waals surface area contributed by atoms with E-state index in [0.29, 0.717) is 13.0 Å². The third-order valence-electron chi connectivity index (χ3n) is 3.76. The number of alkyl halides is 3. The van der Waals surface area contributed by atoms with E-state index >= 15 is 0 Å². The summed E-state index contributed by atoms with van der Waals surface area (Å²) in [7, 11) is 0. The molecule has 1 saturated heterocycles. The predicted molar refractivity (Wildman–Crippen MR) is 89.2 cm³/mol. The van der Waals surface area contributed by atoms with Gasteiger partial charge >= 0.3 is 11.9 Å². The number of nitrogens with zero attached hydrogens (tertiary/aromatic N) is 1. The minimum atomic E-state index is -4.53. The van der Waals surface area contributed by atoms with Crippen LogP contribution in [0, 0.1) is 10.1 Å². The first kappa shape index (κ1) is 19.2. The summed E-state index contributed by atoms with van der Waals surface area (Å²) in [6, 6.07) is 6.40. The number of hydrogen-bond donors (Lipinski definition) is 0. The van der Waals surface area contributed by atoms with Crippen molar-refractivity contribution >= 4 is 17.3 Å². The number of nitro groups is 1. The van der Waals surface area contributed by atoms with Crippen LogP contribution in [0.5, 0.6) is 17.2 Å². The average molecular weight is 404 g/mol. The van der Waals surface area contributed by atoms with Gasteiger partial charge in [-0.2, -0.15) is 13.2 Å². The van der Waals surface area contributed by atoms with Crippen molar-refractivity contribution in [2.45, 2.75) is 25.3 Å². The molecule has 0 spiro atoms. The Hall–Kier alpha value is -2.52. The van der Waals surface area contributed by atoms with Crippen LogP contribution in [-0.2, 0) is 10.9 Å². The van der Waals surface area contributed by atoms with E-state index < -0.39 is 23.0 Å². The Kier molecular flexibility index (Phi) is 5.43. The molecule has 2 aromatic carbocycles. The van der Waals surface area contributed by atoms with Gasteiger partial charge in [-0.25, -0.2) is 0 Å². The molecule has 1 heterocycles. The Morgan fingerprint density at radius 2 is 1.96 bits per heavy atom. The Morgan fingerprint density at radius 1 is 1.19 bits per heavy atom.